The lowest BCUT2D eigenvalue weighted by Gasteiger charge is -2.22. The average Bonchev–Trinajstić information content (AvgIpc) is 3.53. The molecule has 1 saturated heterocycles. The highest BCUT2D eigenvalue weighted by Gasteiger charge is 2.32. The van der Waals surface area contributed by atoms with Crippen molar-refractivity contribution >= 4 is 23.4 Å². The molecule has 0 bridgehead atoms. The zero-order chi connectivity index (χ0) is 23.4. The Labute approximate surface area is 194 Å². The van der Waals surface area contributed by atoms with Crippen molar-refractivity contribution in [3.05, 3.63) is 35.7 Å². The molecule has 33 heavy (non-hydrogen) atoms. The normalized spacial score (nSPS) is 18.5. The van der Waals surface area contributed by atoms with Crippen molar-refractivity contribution in [1.82, 2.24) is 15.2 Å². The van der Waals surface area contributed by atoms with E-state index < -0.39 is 6.04 Å². The zero-order valence-corrected chi connectivity index (χ0v) is 19.4. The number of carbonyl (C=O) groups is 3. The van der Waals surface area contributed by atoms with Crippen molar-refractivity contribution in [3.8, 4) is 11.5 Å². The second kappa shape index (κ2) is 10.2. The fourth-order valence-corrected chi connectivity index (χ4v) is 4.87. The van der Waals surface area contributed by atoms with Gasteiger partial charge in [0.05, 0.1) is 17.8 Å². The van der Waals surface area contributed by atoms with Gasteiger partial charge in [-0.25, -0.2) is 4.98 Å². The third-order valence-electron chi connectivity index (χ3n) is 6.66. The molecule has 1 aromatic carbocycles. The first kappa shape index (κ1) is 23.0. The zero-order valence-electron chi connectivity index (χ0n) is 19.4. The Kier molecular flexibility index (Phi) is 7.11. The molecule has 176 valence electrons. The summed E-state index contributed by atoms with van der Waals surface area (Å²) in [6.07, 6.45) is 6.68. The molecule has 8 heteroatoms. The van der Waals surface area contributed by atoms with E-state index in [9.17, 15) is 14.4 Å². The number of benzene rings is 1. The Morgan fingerprint density at radius 2 is 1.88 bits per heavy atom. The predicted molar refractivity (Wildman–Crippen MR) is 124 cm³/mol. The molecule has 4 rings (SSSR count). The number of carbonyl (C=O) groups excluding carboxylic acids is 3. The second-order valence-corrected chi connectivity index (χ2v) is 9.06. The van der Waals surface area contributed by atoms with Crippen LogP contribution in [0.4, 0.5) is 5.69 Å². The highest BCUT2D eigenvalue weighted by atomic mass is 16.4. The van der Waals surface area contributed by atoms with E-state index in [1.807, 2.05) is 24.3 Å². The van der Waals surface area contributed by atoms with Crippen LogP contribution in [-0.2, 0) is 20.9 Å². The monoisotopic (exact) mass is 452 g/mol. The maximum Gasteiger partial charge on any atom is 0.243 e. The number of amides is 3. The molecule has 1 aromatic heterocycles. The molecule has 2 fully saturated rings. The SMILES string of the molecule is CC(=O)N1CCC[C@H]1C(=O)NCc1nc(-c2ccccc2NC(=O)CC2CCCC2)oc1C. The molecule has 0 unspecified atom stereocenters. The molecule has 8 nitrogen and oxygen atoms in total. The van der Waals surface area contributed by atoms with Gasteiger partial charge in [-0.3, -0.25) is 14.4 Å². The van der Waals surface area contributed by atoms with Crippen molar-refractivity contribution in [2.45, 2.75) is 71.4 Å². The number of anilines is 1. The van der Waals surface area contributed by atoms with Crippen LogP contribution in [0, 0.1) is 12.8 Å². The van der Waals surface area contributed by atoms with Gasteiger partial charge in [-0.05, 0) is 50.7 Å². The molecular weight excluding hydrogens is 420 g/mol. The summed E-state index contributed by atoms with van der Waals surface area (Å²) in [6, 6.07) is 7.03. The van der Waals surface area contributed by atoms with E-state index >= 15 is 0 Å². The number of para-hydroxylation sites is 1. The quantitative estimate of drug-likeness (QED) is 0.665. The summed E-state index contributed by atoms with van der Waals surface area (Å²) >= 11 is 0. The minimum absolute atomic E-state index is 0.0108. The summed E-state index contributed by atoms with van der Waals surface area (Å²) in [5.41, 5.74) is 2.00. The topological polar surface area (TPSA) is 105 Å². The summed E-state index contributed by atoms with van der Waals surface area (Å²) in [6.45, 7) is 4.12. The van der Waals surface area contributed by atoms with Crippen LogP contribution in [0.5, 0.6) is 0 Å². The van der Waals surface area contributed by atoms with Gasteiger partial charge in [-0.2, -0.15) is 0 Å². The number of oxazole rings is 1. The summed E-state index contributed by atoms with van der Waals surface area (Å²) in [5, 5.41) is 5.91. The van der Waals surface area contributed by atoms with Gasteiger partial charge in [0.25, 0.3) is 0 Å². The summed E-state index contributed by atoms with van der Waals surface area (Å²) in [5.74, 6) is 1.23. The summed E-state index contributed by atoms with van der Waals surface area (Å²) < 4.78 is 5.90. The number of hydrogen-bond acceptors (Lipinski definition) is 5. The molecule has 2 N–H and O–H groups in total. The fourth-order valence-electron chi connectivity index (χ4n) is 4.87. The molecule has 2 aromatic rings. The molecule has 2 heterocycles. The predicted octanol–water partition coefficient (Wildman–Crippen LogP) is 3.80. The maximum absolute atomic E-state index is 12.6. The van der Waals surface area contributed by atoms with Crippen LogP contribution >= 0.6 is 0 Å². The van der Waals surface area contributed by atoms with Crippen molar-refractivity contribution in [1.29, 1.82) is 0 Å². The molecule has 1 saturated carbocycles. The first-order valence-electron chi connectivity index (χ1n) is 11.8. The number of likely N-dealkylation sites (tertiary alicyclic amines) is 1. The van der Waals surface area contributed by atoms with Crippen LogP contribution in [0.15, 0.2) is 28.7 Å². The van der Waals surface area contributed by atoms with Crippen molar-refractivity contribution < 1.29 is 18.8 Å². The Morgan fingerprint density at radius 1 is 1.12 bits per heavy atom. The third-order valence-corrected chi connectivity index (χ3v) is 6.66. The third kappa shape index (κ3) is 5.43. The molecule has 2 aliphatic rings. The van der Waals surface area contributed by atoms with E-state index in [2.05, 4.69) is 15.6 Å². The molecule has 0 spiro atoms. The van der Waals surface area contributed by atoms with E-state index in [0.29, 0.717) is 53.9 Å². The summed E-state index contributed by atoms with van der Waals surface area (Å²) in [4.78, 5) is 43.1. The average molecular weight is 453 g/mol. The molecule has 1 aliphatic heterocycles. The Morgan fingerprint density at radius 3 is 2.64 bits per heavy atom. The largest absolute Gasteiger partial charge is 0.441 e. The number of nitrogens with one attached hydrogen (secondary N) is 2. The maximum atomic E-state index is 12.6. The van der Waals surface area contributed by atoms with Gasteiger partial charge < -0.3 is 20.0 Å². The van der Waals surface area contributed by atoms with Gasteiger partial charge in [-0.1, -0.05) is 25.0 Å². The van der Waals surface area contributed by atoms with Crippen molar-refractivity contribution in [3.63, 3.8) is 0 Å². The molecular formula is C25H32N4O4. The number of nitrogens with zero attached hydrogens (tertiary/aromatic N) is 2. The van der Waals surface area contributed by atoms with Gasteiger partial charge in [0.1, 0.15) is 17.5 Å². The number of hydrogen-bond donors (Lipinski definition) is 2. The minimum Gasteiger partial charge on any atom is -0.441 e. The van der Waals surface area contributed by atoms with E-state index in [-0.39, 0.29) is 24.3 Å². The van der Waals surface area contributed by atoms with E-state index in [0.717, 1.165) is 19.3 Å². The minimum atomic E-state index is -0.426. The van der Waals surface area contributed by atoms with E-state index in [1.165, 1.54) is 19.8 Å². The van der Waals surface area contributed by atoms with Gasteiger partial charge in [-0.15, -0.1) is 0 Å². The van der Waals surface area contributed by atoms with Crippen LogP contribution in [-0.4, -0.2) is 40.2 Å². The van der Waals surface area contributed by atoms with E-state index in [1.54, 1.807) is 11.8 Å². The van der Waals surface area contributed by atoms with Crippen LogP contribution in [0.1, 0.15) is 63.3 Å². The Balaban J connectivity index is 1.42. The van der Waals surface area contributed by atoms with Crippen molar-refractivity contribution in [2.75, 3.05) is 11.9 Å². The van der Waals surface area contributed by atoms with Gasteiger partial charge >= 0.3 is 0 Å². The fraction of sp³-hybridized carbons (Fsp3) is 0.520. The molecule has 1 aliphatic carbocycles. The van der Waals surface area contributed by atoms with Crippen LogP contribution < -0.4 is 10.6 Å². The van der Waals surface area contributed by atoms with Crippen molar-refractivity contribution in [2.24, 2.45) is 5.92 Å². The highest BCUT2D eigenvalue weighted by molar-refractivity contribution is 5.94. The second-order valence-electron chi connectivity index (χ2n) is 9.06. The lowest BCUT2D eigenvalue weighted by atomic mass is 10.0. The lowest BCUT2D eigenvalue weighted by Crippen LogP contribution is -2.45. The number of aromatic nitrogens is 1. The lowest BCUT2D eigenvalue weighted by molar-refractivity contribution is -0.136. The standard InChI is InChI=1S/C25H32N4O4/c1-16-21(15-26-24(32)22-12-7-13-29(22)17(2)30)28-25(33-16)19-10-5-6-11-20(19)27-23(31)14-18-8-3-4-9-18/h5-6,10-11,18,22H,3-4,7-9,12-15H2,1-2H3,(H,26,32)(H,27,31)/t22-/m0/s1. The number of rotatable bonds is 7. The van der Waals surface area contributed by atoms with Crippen LogP contribution in [0.3, 0.4) is 0 Å². The Bertz CT molecular complexity index is 1030. The smallest absolute Gasteiger partial charge is 0.243 e. The van der Waals surface area contributed by atoms with E-state index in [4.69, 9.17) is 4.42 Å². The number of aryl methyl sites for hydroxylation is 1. The first-order valence-corrected chi connectivity index (χ1v) is 11.8. The van der Waals surface area contributed by atoms with Gasteiger partial charge in [0.2, 0.25) is 23.6 Å². The Hall–Kier alpha value is -3.16. The van der Waals surface area contributed by atoms with Crippen LogP contribution in [0.2, 0.25) is 0 Å². The first-order chi connectivity index (χ1) is 15.9. The summed E-state index contributed by atoms with van der Waals surface area (Å²) in [7, 11) is 0. The highest BCUT2D eigenvalue weighted by Crippen LogP contribution is 2.31. The van der Waals surface area contributed by atoms with Gasteiger partial charge in [0.15, 0.2) is 0 Å². The van der Waals surface area contributed by atoms with Gasteiger partial charge in [0, 0.05) is 19.9 Å². The van der Waals surface area contributed by atoms with Crippen LogP contribution in [0.25, 0.3) is 11.5 Å². The molecule has 0 radical (unpaired) electrons. The molecule has 3 amide bonds. The molecule has 1 atom stereocenters.